The molecule has 0 aliphatic rings. The number of alkyl halides is 3. The van der Waals surface area contributed by atoms with E-state index >= 15 is 0 Å². The average molecular weight is 367 g/mol. The lowest BCUT2D eigenvalue weighted by Gasteiger charge is -2.07. The molecule has 1 aromatic carbocycles. The van der Waals surface area contributed by atoms with Crippen LogP contribution in [0.2, 0.25) is 0 Å². The van der Waals surface area contributed by atoms with Gasteiger partial charge >= 0.3 is 6.18 Å². The van der Waals surface area contributed by atoms with Gasteiger partial charge in [0, 0.05) is 6.20 Å². The second kappa shape index (κ2) is 7.21. The molecule has 136 valence electrons. The van der Waals surface area contributed by atoms with Crippen LogP contribution in [0, 0.1) is 0 Å². The molecule has 0 unspecified atom stereocenters. The molecular formula is C14H12F3N7O2. The van der Waals surface area contributed by atoms with Crippen molar-refractivity contribution >= 4 is 11.6 Å². The largest absolute Gasteiger partial charge is 0.484 e. The summed E-state index contributed by atoms with van der Waals surface area (Å²) in [7, 11) is 0. The van der Waals surface area contributed by atoms with Crippen LogP contribution in [-0.2, 0) is 11.3 Å². The average Bonchev–Trinajstić information content (AvgIpc) is 3.24. The molecule has 2 heterocycles. The Balaban J connectivity index is 1.50. The number of carbonyl (C=O) groups is 1. The third-order valence-electron chi connectivity index (χ3n) is 3.08. The number of ether oxygens (including phenoxy) is 1. The molecule has 0 fully saturated rings. The third-order valence-corrected chi connectivity index (χ3v) is 3.08. The summed E-state index contributed by atoms with van der Waals surface area (Å²) in [4.78, 5) is 11.8. The molecule has 12 heteroatoms. The van der Waals surface area contributed by atoms with Crippen molar-refractivity contribution < 1.29 is 22.7 Å². The molecule has 1 N–H and O–H groups in total. The first-order chi connectivity index (χ1) is 12.4. The van der Waals surface area contributed by atoms with Gasteiger partial charge in [0.25, 0.3) is 5.91 Å². The van der Waals surface area contributed by atoms with Gasteiger partial charge in [-0.2, -0.15) is 18.3 Å². The lowest BCUT2D eigenvalue weighted by molar-refractivity contribution is -0.142. The monoisotopic (exact) mass is 367 g/mol. The molecule has 1 amide bonds. The fourth-order valence-corrected chi connectivity index (χ4v) is 2.02. The van der Waals surface area contributed by atoms with Crippen molar-refractivity contribution in [3.8, 4) is 11.4 Å². The number of nitrogens with one attached hydrogen (secondary N) is 1. The first-order valence-electron chi connectivity index (χ1n) is 7.24. The van der Waals surface area contributed by atoms with Gasteiger partial charge in [-0.25, -0.2) is 4.68 Å². The van der Waals surface area contributed by atoms with Gasteiger partial charge in [-0.15, -0.1) is 5.10 Å². The molecule has 3 rings (SSSR count). The van der Waals surface area contributed by atoms with Crippen LogP contribution in [0.4, 0.5) is 18.9 Å². The Kier molecular flexibility index (Phi) is 4.82. The van der Waals surface area contributed by atoms with Crippen LogP contribution >= 0.6 is 0 Å². The zero-order valence-corrected chi connectivity index (χ0v) is 13.1. The van der Waals surface area contributed by atoms with Gasteiger partial charge in [0.2, 0.25) is 0 Å². The molecule has 0 bridgehead atoms. The Hall–Kier alpha value is -3.44. The summed E-state index contributed by atoms with van der Waals surface area (Å²) in [5.74, 6) is -0.0918. The summed E-state index contributed by atoms with van der Waals surface area (Å²) in [6.07, 6.45) is -0.732. The van der Waals surface area contributed by atoms with Gasteiger partial charge in [-0.1, -0.05) is 0 Å². The highest BCUT2D eigenvalue weighted by molar-refractivity contribution is 5.91. The van der Waals surface area contributed by atoms with Crippen LogP contribution in [0.25, 0.3) is 5.69 Å². The van der Waals surface area contributed by atoms with Crippen LogP contribution in [-0.4, -0.2) is 48.7 Å². The van der Waals surface area contributed by atoms with Gasteiger partial charge in [-0.3, -0.25) is 9.48 Å². The van der Waals surface area contributed by atoms with E-state index in [-0.39, 0.29) is 12.3 Å². The van der Waals surface area contributed by atoms with E-state index in [2.05, 4.69) is 25.9 Å². The molecule has 3 aromatic rings. The molecule has 2 aromatic heterocycles. The maximum Gasteiger partial charge on any atom is 0.408 e. The van der Waals surface area contributed by atoms with Crippen molar-refractivity contribution in [2.24, 2.45) is 0 Å². The number of rotatable bonds is 6. The van der Waals surface area contributed by atoms with Crippen molar-refractivity contribution in [2.45, 2.75) is 12.7 Å². The lowest BCUT2D eigenvalue weighted by Crippen LogP contribution is -2.20. The van der Waals surface area contributed by atoms with Crippen LogP contribution < -0.4 is 10.1 Å². The van der Waals surface area contributed by atoms with Crippen LogP contribution in [0.15, 0.2) is 43.0 Å². The predicted octanol–water partition coefficient (Wildman–Crippen LogP) is 1.44. The second-order valence-electron chi connectivity index (χ2n) is 5.13. The minimum absolute atomic E-state index is 0.150. The van der Waals surface area contributed by atoms with Crippen molar-refractivity contribution in [3.63, 3.8) is 0 Å². The summed E-state index contributed by atoms with van der Waals surface area (Å²) in [6.45, 7) is -1.54. The Bertz CT molecular complexity index is 860. The minimum atomic E-state index is -4.38. The summed E-state index contributed by atoms with van der Waals surface area (Å²) in [5, 5.41) is 16.7. The minimum Gasteiger partial charge on any atom is -0.484 e. The first-order valence-corrected chi connectivity index (χ1v) is 7.24. The molecule has 0 atom stereocenters. The highest BCUT2D eigenvalue weighted by atomic mass is 19.4. The Morgan fingerprint density at radius 2 is 2.00 bits per heavy atom. The molecule has 26 heavy (non-hydrogen) atoms. The zero-order chi connectivity index (χ0) is 18.6. The van der Waals surface area contributed by atoms with Crippen molar-refractivity contribution in [1.82, 2.24) is 30.0 Å². The fraction of sp³-hybridized carbons (Fsp3) is 0.214. The lowest BCUT2D eigenvalue weighted by atomic mass is 10.3. The summed E-state index contributed by atoms with van der Waals surface area (Å²) in [6, 6.07) is 6.66. The number of tetrazole rings is 1. The molecule has 0 aliphatic carbocycles. The Morgan fingerprint density at radius 3 is 2.65 bits per heavy atom. The number of hydrogen-bond acceptors (Lipinski definition) is 6. The van der Waals surface area contributed by atoms with Crippen LogP contribution in [0.5, 0.6) is 5.75 Å². The summed E-state index contributed by atoms with van der Waals surface area (Å²) >= 11 is 0. The quantitative estimate of drug-likeness (QED) is 0.708. The number of benzene rings is 1. The molecule has 9 nitrogen and oxygen atoms in total. The first kappa shape index (κ1) is 17.4. The van der Waals surface area contributed by atoms with Crippen molar-refractivity contribution in [2.75, 3.05) is 11.9 Å². The highest BCUT2D eigenvalue weighted by Crippen LogP contribution is 2.18. The van der Waals surface area contributed by atoms with E-state index in [1.807, 2.05) is 0 Å². The van der Waals surface area contributed by atoms with Gasteiger partial charge in [0.05, 0.1) is 17.6 Å². The van der Waals surface area contributed by atoms with Crippen molar-refractivity contribution in [1.29, 1.82) is 0 Å². The Morgan fingerprint density at radius 1 is 1.23 bits per heavy atom. The molecular weight excluding hydrogens is 355 g/mol. The maximum atomic E-state index is 12.3. The van der Waals surface area contributed by atoms with Crippen LogP contribution in [0.1, 0.15) is 0 Å². The van der Waals surface area contributed by atoms with Gasteiger partial charge in [-0.05, 0) is 34.7 Å². The fourth-order valence-electron chi connectivity index (χ4n) is 2.02. The Labute approximate surface area is 144 Å². The number of aromatic nitrogens is 6. The predicted molar refractivity (Wildman–Crippen MR) is 81.6 cm³/mol. The highest BCUT2D eigenvalue weighted by Gasteiger charge is 2.28. The number of halogens is 3. The van der Waals surface area contributed by atoms with Gasteiger partial charge < -0.3 is 10.1 Å². The second-order valence-corrected chi connectivity index (χ2v) is 5.13. The maximum absolute atomic E-state index is 12.3. The number of hydrogen-bond donors (Lipinski definition) is 1. The topological polar surface area (TPSA) is 99.8 Å². The summed E-state index contributed by atoms with van der Waals surface area (Å²) < 4.78 is 44.2. The van der Waals surface area contributed by atoms with Gasteiger partial charge in [0.1, 0.15) is 18.6 Å². The number of nitrogens with zero attached hydrogens (tertiary/aromatic N) is 6. The number of carbonyl (C=O) groups excluding carboxylic acids is 1. The number of anilines is 1. The van der Waals surface area contributed by atoms with Crippen LogP contribution in [0.3, 0.4) is 0 Å². The SMILES string of the molecule is O=C(COc1ccc(-n2cnnn2)cc1)Nc1cnn(CC(F)(F)F)c1. The van der Waals surface area contributed by atoms with Gasteiger partial charge in [0.15, 0.2) is 6.61 Å². The third kappa shape index (κ3) is 4.78. The van der Waals surface area contributed by atoms with E-state index in [9.17, 15) is 18.0 Å². The van der Waals surface area contributed by atoms with E-state index in [0.29, 0.717) is 16.1 Å². The normalized spacial score (nSPS) is 11.3. The van der Waals surface area contributed by atoms with Crippen molar-refractivity contribution in [3.05, 3.63) is 43.0 Å². The zero-order valence-electron chi connectivity index (χ0n) is 13.1. The molecule has 0 saturated heterocycles. The smallest absolute Gasteiger partial charge is 0.408 e. The molecule has 0 radical (unpaired) electrons. The molecule has 0 aliphatic heterocycles. The molecule has 0 saturated carbocycles. The van der Waals surface area contributed by atoms with E-state index < -0.39 is 18.6 Å². The summed E-state index contributed by atoms with van der Waals surface area (Å²) in [5.41, 5.74) is 0.862. The van der Waals surface area contributed by atoms with E-state index in [1.165, 1.54) is 11.0 Å². The molecule has 0 spiro atoms. The van der Waals surface area contributed by atoms with E-state index in [4.69, 9.17) is 4.74 Å². The number of amides is 1. The van der Waals surface area contributed by atoms with E-state index in [0.717, 1.165) is 12.4 Å². The van der Waals surface area contributed by atoms with E-state index in [1.54, 1.807) is 24.3 Å². The standard InChI is InChI=1S/C14H12F3N7O2/c15-14(16,17)8-23-6-10(5-19-23)20-13(25)7-26-12-3-1-11(2-4-12)24-9-18-21-22-24/h1-6,9H,7-8H2,(H,20,25).